The topological polar surface area (TPSA) is 82.2 Å². The van der Waals surface area contributed by atoms with Crippen LogP contribution in [0.15, 0.2) is 78.1 Å². The lowest BCUT2D eigenvalue weighted by Gasteiger charge is -2.34. The highest BCUT2D eigenvalue weighted by molar-refractivity contribution is 6.21. The van der Waals surface area contributed by atoms with E-state index < -0.39 is 0 Å². The number of nitrogens with one attached hydrogen (secondary N) is 2. The normalized spacial score (nSPS) is 17.9. The number of aliphatic imine (C=N–C) groups is 1. The molecule has 0 fully saturated rings. The van der Waals surface area contributed by atoms with Gasteiger partial charge in [-0.1, -0.05) is 30.3 Å². The molecule has 7 nitrogen and oxygen atoms in total. The summed E-state index contributed by atoms with van der Waals surface area (Å²) < 4.78 is 16.1. The van der Waals surface area contributed by atoms with E-state index in [9.17, 15) is 4.39 Å². The number of allylic oxidation sites excluding steroid dienone is 1. The zero-order chi connectivity index (χ0) is 22.1. The second-order valence-electron chi connectivity index (χ2n) is 7.63. The summed E-state index contributed by atoms with van der Waals surface area (Å²) in [5, 5.41) is 16.8. The third kappa shape index (κ3) is 3.60. The van der Waals surface area contributed by atoms with Crippen molar-refractivity contribution in [2.75, 3.05) is 13.6 Å². The van der Waals surface area contributed by atoms with Gasteiger partial charge >= 0.3 is 0 Å². The Bertz CT molecular complexity index is 1260. The first kappa shape index (κ1) is 19.9. The quantitative estimate of drug-likeness (QED) is 0.654. The number of halogens is 1. The van der Waals surface area contributed by atoms with Gasteiger partial charge in [0, 0.05) is 25.0 Å². The Balaban J connectivity index is 1.50. The number of pyridine rings is 1. The van der Waals surface area contributed by atoms with Crippen molar-refractivity contribution < 1.29 is 4.39 Å². The zero-order valence-electron chi connectivity index (χ0n) is 17.5. The molecule has 0 saturated carbocycles. The summed E-state index contributed by atoms with van der Waals surface area (Å²) >= 11 is 0. The predicted octanol–water partition coefficient (Wildman–Crippen LogP) is 3.38. The number of amidine groups is 1. The first-order chi connectivity index (χ1) is 15.6. The molecule has 0 radical (unpaired) electrons. The van der Waals surface area contributed by atoms with Crippen LogP contribution in [-0.2, 0) is 6.54 Å². The third-order valence-electron chi connectivity index (χ3n) is 5.58. The monoisotopic (exact) mass is 427 g/mol. The van der Waals surface area contributed by atoms with E-state index in [4.69, 9.17) is 10.5 Å². The molecule has 8 heteroatoms. The van der Waals surface area contributed by atoms with Gasteiger partial charge in [0.15, 0.2) is 0 Å². The molecule has 1 aromatic carbocycles. The average Bonchev–Trinajstić information content (AvgIpc) is 3.48. The molecule has 2 aliphatic rings. The Morgan fingerprint density at radius 1 is 1.19 bits per heavy atom. The van der Waals surface area contributed by atoms with E-state index in [-0.39, 0.29) is 18.5 Å². The van der Waals surface area contributed by atoms with Crippen molar-refractivity contribution in [2.24, 2.45) is 4.99 Å². The van der Waals surface area contributed by atoms with E-state index in [0.29, 0.717) is 23.5 Å². The highest BCUT2D eigenvalue weighted by Crippen LogP contribution is 2.27. The van der Waals surface area contributed by atoms with Gasteiger partial charge in [0.25, 0.3) is 0 Å². The van der Waals surface area contributed by atoms with E-state index in [0.717, 1.165) is 22.8 Å². The maximum atomic E-state index is 14.3. The molecule has 0 bridgehead atoms. The molecule has 0 aliphatic carbocycles. The Morgan fingerprint density at radius 3 is 2.78 bits per heavy atom. The van der Waals surface area contributed by atoms with Crippen molar-refractivity contribution in [1.82, 2.24) is 25.0 Å². The highest BCUT2D eigenvalue weighted by Gasteiger charge is 2.29. The largest absolute Gasteiger partial charge is 0.365 e. The standard InChI is InChI=1S/C24H22FN7/c1-31-23(26)17(19-9-4-5-11-27-19)14-29-24(31)21-13-22(20-10-6-12-28-20)32(30-21)15-16-7-2-3-8-18(16)25/h2-11,13-14,24,26,29H,12,15H2,1H3. The van der Waals surface area contributed by atoms with Crippen LogP contribution in [0, 0.1) is 11.2 Å². The van der Waals surface area contributed by atoms with Crippen LogP contribution in [-0.4, -0.2) is 44.8 Å². The Morgan fingerprint density at radius 2 is 2.03 bits per heavy atom. The maximum Gasteiger partial charge on any atom is 0.145 e. The number of aromatic nitrogens is 3. The number of benzene rings is 1. The van der Waals surface area contributed by atoms with Gasteiger partial charge in [-0.2, -0.15) is 5.10 Å². The molecule has 2 aromatic heterocycles. The van der Waals surface area contributed by atoms with Crippen molar-refractivity contribution in [3.63, 3.8) is 0 Å². The Labute approximate surface area is 185 Å². The lowest BCUT2D eigenvalue weighted by atomic mass is 10.1. The third-order valence-corrected chi connectivity index (χ3v) is 5.58. The molecule has 1 atom stereocenters. The molecule has 0 spiro atoms. The number of rotatable bonds is 5. The van der Waals surface area contributed by atoms with E-state index in [2.05, 4.69) is 15.3 Å². The van der Waals surface area contributed by atoms with Crippen LogP contribution < -0.4 is 5.32 Å². The fraction of sp³-hybridized carbons (Fsp3) is 0.167. The van der Waals surface area contributed by atoms with Crippen LogP contribution in [0.2, 0.25) is 0 Å². The van der Waals surface area contributed by atoms with Crippen molar-refractivity contribution in [2.45, 2.75) is 12.7 Å². The molecule has 0 saturated heterocycles. The molecule has 0 amide bonds. The van der Waals surface area contributed by atoms with Gasteiger partial charge in [-0.25, -0.2) is 4.39 Å². The van der Waals surface area contributed by atoms with Crippen LogP contribution in [0.25, 0.3) is 5.57 Å². The number of hydrogen-bond donors (Lipinski definition) is 2. The van der Waals surface area contributed by atoms with Crippen molar-refractivity contribution in [3.8, 4) is 0 Å². The Kier molecular flexibility index (Phi) is 5.10. The van der Waals surface area contributed by atoms with Gasteiger partial charge in [-0.15, -0.1) is 0 Å². The second kappa shape index (κ2) is 8.22. The maximum absolute atomic E-state index is 14.3. The second-order valence-corrected chi connectivity index (χ2v) is 7.63. The number of nitrogens with zero attached hydrogens (tertiary/aromatic N) is 5. The van der Waals surface area contributed by atoms with Gasteiger partial charge in [0.2, 0.25) is 0 Å². The lowest BCUT2D eigenvalue weighted by Crippen LogP contribution is -2.42. The summed E-state index contributed by atoms with van der Waals surface area (Å²) in [7, 11) is 1.85. The number of likely N-dealkylation sites (N-methyl/N-ethyl adjacent to an activating group) is 1. The van der Waals surface area contributed by atoms with Gasteiger partial charge in [0.1, 0.15) is 23.5 Å². The summed E-state index contributed by atoms with van der Waals surface area (Å²) in [5.41, 5.74) is 4.35. The minimum Gasteiger partial charge on any atom is -0.365 e. The van der Waals surface area contributed by atoms with Crippen molar-refractivity contribution >= 4 is 17.1 Å². The fourth-order valence-corrected chi connectivity index (χ4v) is 3.88. The molecular weight excluding hydrogens is 405 g/mol. The molecule has 2 aliphatic heterocycles. The van der Waals surface area contributed by atoms with Gasteiger partial charge < -0.3 is 10.2 Å². The van der Waals surface area contributed by atoms with Crippen LogP contribution in [0.3, 0.4) is 0 Å². The van der Waals surface area contributed by atoms with Gasteiger partial charge in [0.05, 0.1) is 35.8 Å². The van der Waals surface area contributed by atoms with E-state index in [1.165, 1.54) is 6.07 Å². The number of hydrogen-bond acceptors (Lipinski definition) is 5. The first-order valence-electron chi connectivity index (χ1n) is 10.3. The smallest absolute Gasteiger partial charge is 0.145 e. The van der Waals surface area contributed by atoms with E-state index >= 15 is 0 Å². The van der Waals surface area contributed by atoms with Gasteiger partial charge in [-0.05, 0) is 30.3 Å². The summed E-state index contributed by atoms with van der Waals surface area (Å²) in [6, 6.07) is 14.3. The fourth-order valence-electron chi connectivity index (χ4n) is 3.88. The van der Waals surface area contributed by atoms with Crippen molar-refractivity contribution in [1.29, 1.82) is 5.41 Å². The summed E-state index contributed by atoms with van der Waals surface area (Å²) in [6.07, 6.45) is 7.11. The summed E-state index contributed by atoms with van der Waals surface area (Å²) in [5.74, 6) is 0.0767. The summed E-state index contributed by atoms with van der Waals surface area (Å²) in [4.78, 5) is 10.7. The first-order valence-corrected chi connectivity index (χ1v) is 10.3. The zero-order valence-corrected chi connectivity index (χ0v) is 17.5. The predicted molar refractivity (Wildman–Crippen MR) is 122 cm³/mol. The highest BCUT2D eigenvalue weighted by atomic mass is 19.1. The van der Waals surface area contributed by atoms with E-state index in [1.807, 2.05) is 54.4 Å². The molecule has 3 aromatic rings. The summed E-state index contributed by atoms with van der Waals surface area (Å²) in [6.45, 7) is 0.912. The van der Waals surface area contributed by atoms with Gasteiger partial charge in [-0.3, -0.25) is 20.1 Å². The average molecular weight is 427 g/mol. The van der Waals surface area contributed by atoms with Crippen LogP contribution >= 0.6 is 0 Å². The molecule has 2 N–H and O–H groups in total. The molecule has 5 rings (SSSR count). The Hall–Kier alpha value is -4.07. The van der Waals surface area contributed by atoms with E-state index in [1.54, 1.807) is 29.2 Å². The molecular formula is C24H22FN7. The molecule has 32 heavy (non-hydrogen) atoms. The van der Waals surface area contributed by atoms with Crippen molar-refractivity contribution in [3.05, 3.63) is 102 Å². The van der Waals surface area contributed by atoms with Crippen LogP contribution in [0.4, 0.5) is 4.39 Å². The molecule has 160 valence electrons. The minimum absolute atomic E-state index is 0.267. The molecule has 1 unspecified atom stereocenters. The minimum atomic E-state index is -0.346. The SMILES string of the molecule is CN1C(=N)C(c2ccccn2)=CNC1c1cc(C2=NCC=C2)n(Cc2ccccc2F)n1. The van der Waals surface area contributed by atoms with Crippen LogP contribution in [0.5, 0.6) is 0 Å². The van der Waals surface area contributed by atoms with Crippen LogP contribution in [0.1, 0.15) is 28.8 Å². The molecule has 4 heterocycles. The lowest BCUT2D eigenvalue weighted by molar-refractivity contribution is 0.326.